The molecule has 12 heteroatoms. The number of hydrogen-bond acceptors (Lipinski definition) is 5. The summed E-state index contributed by atoms with van der Waals surface area (Å²) in [7, 11) is 0. The van der Waals surface area contributed by atoms with Crippen molar-refractivity contribution in [3.63, 3.8) is 0 Å². The van der Waals surface area contributed by atoms with Gasteiger partial charge in [-0.15, -0.1) is 0 Å². The van der Waals surface area contributed by atoms with Crippen molar-refractivity contribution in [1.82, 2.24) is 20.1 Å². The molecule has 162 valence electrons. The number of halogens is 5. The van der Waals surface area contributed by atoms with Gasteiger partial charge in [-0.1, -0.05) is 23.7 Å². The van der Waals surface area contributed by atoms with Gasteiger partial charge in [-0.05, 0) is 18.2 Å². The number of amides is 1. The van der Waals surface area contributed by atoms with E-state index >= 15 is 0 Å². The number of pyridine rings is 1. The van der Waals surface area contributed by atoms with Gasteiger partial charge in [-0.3, -0.25) is 14.6 Å². The van der Waals surface area contributed by atoms with E-state index in [0.29, 0.717) is 15.3 Å². The lowest BCUT2D eigenvalue weighted by Crippen LogP contribution is -2.45. The van der Waals surface area contributed by atoms with Crippen LogP contribution in [0.15, 0.2) is 53.6 Å². The minimum absolute atomic E-state index is 0.0375. The Hall–Kier alpha value is -3.31. The van der Waals surface area contributed by atoms with Crippen LogP contribution >= 0.6 is 11.6 Å². The fourth-order valence-electron chi connectivity index (χ4n) is 2.53. The molecule has 0 saturated carbocycles. The van der Waals surface area contributed by atoms with Crippen LogP contribution in [-0.2, 0) is 0 Å². The second-order valence-corrected chi connectivity index (χ2v) is 6.67. The van der Waals surface area contributed by atoms with Crippen LogP contribution in [0, 0.1) is 5.82 Å². The molecule has 0 radical (unpaired) electrons. The Balaban J connectivity index is 2.12. The quantitative estimate of drug-likeness (QED) is 0.439. The molecule has 3 rings (SSSR count). The third-order valence-corrected chi connectivity index (χ3v) is 4.31. The standard InChI is InChI=1S/C19H13ClF4N4O3/c20-10-3-1-9(2-4-10)14-6-13(18(30)26-17(24)15(29)16(22)23)19(31)28(27-14)12-5-11(21)7-25-8-12/h1-8,15-17,29H,(H,26,30). The molecule has 2 heterocycles. The fourth-order valence-corrected chi connectivity index (χ4v) is 2.65. The predicted molar refractivity (Wildman–Crippen MR) is 102 cm³/mol. The lowest BCUT2D eigenvalue weighted by atomic mass is 10.1. The Labute approximate surface area is 176 Å². The first-order chi connectivity index (χ1) is 14.7. The number of aliphatic hydroxyl groups excluding tert-OH is 1. The first-order valence-electron chi connectivity index (χ1n) is 8.60. The third-order valence-electron chi connectivity index (χ3n) is 4.06. The Kier molecular flexibility index (Phi) is 6.66. The van der Waals surface area contributed by atoms with E-state index in [1.54, 1.807) is 0 Å². The van der Waals surface area contributed by atoms with Crippen molar-refractivity contribution in [2.45, 2.75) is 18.8 Å². The number of nitrogens with zero attached hydrogens (tertiary/aromatic N) is 3. The van der Waals surface area contributed by atoms with E-state index in [1.165, 1.54) is 29.6 Å². The molecule has 0 aliphatic rings. The van der Waals surface area contributed by atoms with Gasteiger partial charge < -0.3 is 10.4 Å². The normalized spacial score (nSPS) is 13.1. The van der Waals surface area contributed by atoms with Gasteiger partial charge in [-0.2, -0.15) is 9.78 Å². The highest BCUT2D eigenvalue weighted by Crippen LogP contribution is 2.20. The van der Waals surface area contributed by atoms with Crippen LogP contribution in [0.5, 0.6) is 0 Å². The number of carbonyl (C=O) groups is 1. The van der Waals surface area contributed by atoms with E-state index in [2.05, 4.69) is 10.1 Å². The van der Waals surface area contributed by atoms with E-state index in [9.17, 15) is 27.2 Å². The molecule has 31 heavy (non-hydrogen) atoms. The summed E-state index contributed by atoms with van der Waals surface area (Å²) in [5, 5.41) is 15.1. The van der Waals surface area contributed by atoms with Crippen LogP contribution in [-0.4, -0.2) is 44.6 Å². The van der Waals surface area contributed by atoms with Gasteiger partial charge in [0.2, 0.25) is 6.30 Å². The smallest absolute Gasteiger partial charge is 0.284 e. The molecule has 2 unspecified atom stereocenters. The van der Waals surface area contributed by atoms with Gasteiger partial charge in [0, 0.05) is 16.7 Å². The lowest BCUT2D eigenvalue weighted by Gasteiger charge is -2.16. The molecule has 0 bridgehead atoms. The SMILES string of the molecule is O=C(NC(F)C(O)C(F)F)c1cc(-c2ccc(Cl)cc2)nn(-c2cncc(F)c2)c1=O. The van der Waals surface area contributed by atoms with Gasteiger partial charge in [0.1, 0.15) is 11.4 Å². The highest BCUT2D eigenvalue weighted by Gasteiger charge is 2.30. The van der Waals surface area contributed by atoms with E-state index in [0.717, 1.165) is 24.5 Å². The zero-order valence-electron chi connectivity index (χ0n) is 15.3. The minimum Gasteiger partial charge on any atom is -0.382 e. The third kappa shape index (κ3) is 5.06. The highest BCUT2D eigenvalue weighted by molar-refractivity contribution is 6.30. The number of benzene rings is 1. The highest BCUT2D eigenvalue weighted by atomic mass is 35.5. The molecule has 3 aromatic rings. The molecule has 2 N–H and O–H groups in total. The number of nitrogens with one attached hydrogen (secondary N) is 1. The maximum atomic E-state index is 13.8. The van der Waals surface area contributed by atoms with Gasteiger partial charge in [0.25, 0.3) is 17.9 Å². The molecule has 7 nitrogen and oxygen atoms in total. The van der Waals surface area contributed by atoms with E-state index < -0.39 is 41.7 Å². The van der Waals surface area contributed by atoms with Gasteiger partial charge in [0.15, 0.2) is 6.10 Å². The summed E-state index contributed by atoms with van der Waals surface area (Å²) in [5.74, 6) is -2.18. The van der Waals surface area contributed by atoms with E-state index in [4.69, 9.17) is 16.7 Å². The maximum absolute atomic E-state index is 13.8. The topological polar surface area (TPSA) is 97.1 Å². The summed E-state index contributed by atoms with van der Waals surface area (Å²) in [6.45, 7) is 0. The van der Waals surface area contributed by atoms with Gasteiger partial charge in [-0.25, -0.2) is 17.6 Å². The predicted octanol–water partition coefficient (Wildman–Crippen LogP) is 2.74. The molecule has 2 atom stereocenters. The summed E-state index contributed by atoms with van der Waals surface area (Å²) in [6.07, 6.45) is -7.12. The molecule has 0 spiro atoms. The Morgan fingerprint density at radius 3 is 2.42 bits per heavy atom. The summed E-state index contributed by atoms with van der Waals surface area (Å²) >= 11 is 5.85. The average molecular weight is 457 g/mol. The van der Waals surface area contributed by atoms with Crippen LogP contribution in [0.3, 0.4) is 0 Å². The number of hydrogen-bond donors (Lipinski definition) is 2. The zero-order valence-corrected chi connectivity index (χ0v) is 16.1. The van der Waals surface area contributed by atoms with Crippen LogP contribution in [0.1, 0.15) is 10.4 Å². The molecular weight excluding hydrogens is 444 g/mol. The Bertz CT molecular complexity index is 1160. The van der Waals surface area contributed by atoms with Crippen molar-refractivity contribution in [1.29, 1.82) is 0 Å². The fraction of sp³-hybridized carbons (Fsp3) is 0.158. The monoisotopic (exact) mass is 456 g/mol. The number of aromatic nitrogens is 3. The van der Waals surface area contributed by atoms with Crippen LogP contribution < -0.4 is 10.9 Å². The van der Waals surface area contributed by atoms with Crippen molar-refractivity contribution in [2.75, 3.05) is 0 Å². The molecule has 0 fully saturated rings. The van der Waals surface area contributed by atoms with Crippen molar-refractivity contribution >= 4 is 17.5 Å². The maximum Gasteiger partial charge on any atom is 0.284 e. The molecule has 0 aliphatic heterocycles. The minimum atomic E-state index is -3.47. The Morgan fingerprint density at radius 2 is 1.81 bits per heavy atom. The number of aliphatic hydroxyl groups is 1. The summed E-state index contributed by atoms with van der Waals surface area (Å²) < 4.78 is 53.0. The van der Waals surface area contributed by atoms with Crippen LogP contribution in [0.4, 0.5) is 17.6 Å². The van der Waals surface area contributed by atoms with Crippen molar-refractivity contribution in [2.24, 2.45) is 0 Å². The molecular formula is C19H13ClF4N4O3. The molecule has 0 aliphatic carbocycles. The van der Waals surface area contributed by atoms with Crippen molar-refractivity contribution in [3.8, 4) is 16.9 Å². The van der Waals surface area contributed by atoms with Crippen molar-refractivity contribution in [3.05, 3.63) is 75.5 Å². The first kappa shape index (κ1) is 22.4. The van der Waals surface area contributed by atoms with Gasteiger partial charge in [0.05, 0.1) is 23.8 Å². The molecule has 0 saturated heterocycles. The molecule has 1 aromatic carbocycles. The number of carbonyl (C=O) groups excluding carboxylic acids is 1. The van der Waals surface area contributed by atoms with Crippen LogP contribution in [0.25, 0.3) is 16.9 Å². The number of rotatable bonds is 6. The van der Waals surface area contributed by atoms with E-state index in [1.807, 2.05) is 0 Å². The summed E-state index contributed by atoms with van der Waals surface area (Å²) in [5.41, 5.74) is -1.49. The summed E-state index contributed by atoms with van der Waals surface area (Å²) in [4.78, 5) is 28.8. The second-order valence-electron chi connectivity index (χ2n) is 6.23. The first-order valence-corrected chi connectivity index (χ1v) is 8.97. The summed E-state index contributed by atoms with van der Waals surface area (Å²) in [6, 6.07) is 7.98. The second kappa shape index (κ2) is 9.23. The van der Waals surface area contributed by atoms with E-state index in [-0.39, 0.29) is 11.4 Å². The van der Waals surface area contributed by atoms with Gasteiger partial charge >= 0.3 is 0 Å². The van der Waals surface area contributed by atoms with Crippen molar-refractivity contribution < 1.29 is 27.5 Å². The Morgan fingerprint density at radius 1 is 1.13 bits per heavy atom. The zero-order chi connectivity index (χ0) is 22.7. The molecule has 2 aromatic heterocycles. The number of alkyl halides is 3. The van der Waals surface area contributed by atoms with Crippen LogP contribution in [0.2, 0.25) is 5.02 Å². The lowest BCUT2D eigenvalue weighted by molar-refractivity contribution is -0.0551. The largest absolute Gasteiger partial charge is 0.382 e. The molecule has 1 amide bonds. The average Bonchev–Trinajstić information content (AvgIpc) is 2.73.